The summed E-state index contributed by atoms with van der Waals surface area (Å²) in [6, 6.07) is 11.8. The van der Waals surface area contributed by atoms with Crippen LogP contribution in [0.5, 0.6) is 0 Å². The van der Waals surface area contributed by atoms with E-state index < -0.39 is 29.9 Å². The molecule has 1 aromatic heterocycles. The standard InChI is InChI=1S/C20H15ClFN3O4/c21-13-6-4-12(5-7-13)18-9-17(19(28)23-15(10-26)11-27)20(29)25(24-18)16-3-1-2-14(22)8-16/h1-10,15,27H,11H2,(H,23,28). The molecule has 0 spiro atoms. The molecular weight excluding hydrogens is 401 g/mol. The number of aliphatic hydroxyl groups is 1. The molecule has 3 aromatic rings. The van der Waals surface area contributed by atoms with Crippen molar-refractivity contribution in [1.29, 1.82) is 0 Å². The molecule has 1 amide bonds. The lowest BCUT2D eigenvalue weighted by molar-refractivity contribution is -0.110. The second-order valence-electron chi connectivity index (χ2n) is 6.05. The predicted octanol–water partition coefficient (Wildman–Crippen LogP) is 1.98. The number of carbonyl (C=O) groups is 2. The quantitative estimate of drug-likeness (QED) is 0.599. The molecule has 1 unspecified atom stereocenters. The van der Waals surface area contributed by atoms with Crippen molar-refractivity contribution in [1.82, 2.24) is 15.1 Å². The van der Waals surface area contributed by atoms with Gasteiger partial charge in [-0.25, -0.2) is 4.39 Å². The van der Waals surface area contributed by atoms with Gasteiger partial charge in [0.25, 0.3) is 11.5 Å². The summed E-state index contributed by atoms with van der Waals surface area (Å²) in [4.78, 5) is 36.3. The average Bonchev–Trinajstić information content (AvgIpc) is 2.72. The summed E-state index contributed by atoms with van der Waals surface area (Å²) in [6.45, 7) is -0.623. The Morgan fingerprint density at radius 2 is 1.97 bits per heavy atom. The highest BCUT2D eigenvalue weighted by atomic mass is 35.5. The number of hydrogen-bond donors (Lipinski definition) is 2. The van der Waals surface area contributed by atoms with Gasteiger partial charge in [0.15, 0.2) is 0 Å². The maximum absolute atomic E-state index is 13.7. The maximum atomic E-state index is 13.7. The van der Waals surface area contributed by atoms with Gasteiger partial charge in [-0.3, -0.25) is 9.59 Å². The molecule has 9 heteroatoms. The van der Waals surface area contributed by atoms with Crippen LogP contribution in [0.2, 0.25) is 5.02 Å². The van der Waals surface area contributed by atoms with Gasteiger partial charge in [0, 0.05) is 10.6 Å². The van der Waals surface area contributed by atoms with E-state index in [9.17, 15) is 18.8 Å². The first-order chi connectivity index (χ1) is 13.9. The van der Waals surface area contributed by atoms with Crippen LogP contribution < -0.4 is 10.9 Å². The normalized spacial score (nSPS) is 11.7. The minimum atomic E-state index is -1.17. The van der Waals surface area contributed by atoms with Gasteiger partial charge >= 0.3 is 0 Å². The number of aromatic nitrogens is 2. The Bertz CT molecular complexity index is 1120. The monoisotopic (exact) mass is 415 g/mol. The molecule has 0 fully saturated rings. The van der Waals surface area contributed by atoms with Crippen molar-refractivity contribution >= 4 is 23.8 Å². The molecule has 0 aliphatic heterocycles. The van der Waals surface area contributed by atoms with Crippen LogP contribution in [-0.2, 0) is 4.79 Å². The van der Waals surface area contributed by atoms with Crippen molar-refractivity contribution in [3.8, 4) is 16.9 Å². The lowest BCUT2D eigenvalue weighted by atomic mass is 10.1. The van der Waals surface area contributed by atoms with Crippen LogP contribution in [0.25, 0.3) is 16.9 Å². The summed E-state index contributed by atoms with van der Waals surface area (Å²) in [5.41, 5.74) is -0.207. The number of hydrogen-bond acceptors (Lipinski definition) is 5. The van der Waals surface area contributed by atoms with E-state index in [1.807, 2.05) is 0 Å². The third-order valence-corrected chi connectivity index (χ3v) is 4.28. The van der Waals surface area contributed by atoms with Crippen LogP contribution >= 0.6 is 11.6 Å². The Balaban J connectivity index is 2.19. The molecule has 29 heavy (non-hydrogen) atoms. The predicted molar refractivity (Wildman–Crippen MR) is 105 cm³/mol. The lowest BCUT2D eigenvalue weighted by Gasteiger charge is -2.13. The van der Waals surface area contributed by atoms with E-state index in [0.717, 1.165) is 10.7 Å². The first-order valence-corrected chi connectivity index (χ1v) is 8.84. The summed E-state index contributed by atoms with van der Waals surface area (Å²) < 4.78 is 14.6. The van der Waals surface area contributed by atoms with Crippen molar-refractivity contribution in [3.63, 3.8) is 0 Å². The van der Waals surface area contributed by atoms with E-state index in [-0.39, 0.29) is 16.9 Å². The molecule has 0 bridgehead atoms. The van der Waals surface area contributed by atoms with E-state index in [1.165, 1.54) is 24.3 Å². The van der Waals surface area contributed by atoms with Crippen LogP contribution in [0.15, 0.2) is 59.4 Å². The highest BCUT2D eigenvalue weighted by Crippen LogP contribution is 2.20. The molecule has 1 heterocycles. The van der Waals surface area contributed by atoms with Gasteiger partial charge in [-0.05, 0) is 36.4 Å². The smallest absolute Gasteiger partial charge is 0.284 e. The number of halogens is 2. The molecule has 0 saturated heterocycles. The summed E-state index contributed by atoms with van der Waals surface area (Å²) in [7, 11) is 0. The Kier molecular flexibility index (Phi) is 6.16. The van der Waals surface area contributed by atoms with Gasteiger partial charge in [-0.1, -0.05) is 29.8 Å². The van der Waals surface area contributed by atoms with E-state index in [4.69, 9.17) is 16.7 Å². The Morgan fingerprint density at radius 3 is 2.59 bits per heavy atom. The van der Waals surface area contributed by atoms with Gasteiger partial charge in [0.05, 0.1) is 18.0 Å². The molecule has 7 nitrogen and oxygen atoms in total. The maximum Gasteiger partial charge on any atom is 0.284 e. The minimum Gasteiger partial charge on any atom is -0.394 e. The van der Waals surface area contributed by atoms with E-state index in [0.29, 0.717) is 16.9 Å². The molecule has 0 radical (unpaired) electrons. The van der Waals surface area contributed by atoms with Gasteiger partial charge in [-0.15, -0.1) is 0 Å². The molecule has 0 aliphatic rings. The third-order valence-electron chi connectivity index (χ3n) is 4.03. The largest absolute Gasteiger partial charge is 0.394 e. The van der Waals surface area contributed by atoms with E-state index >= 15 is 0 Å². The number of aliphatic hydroxyl groups excluding tert-OH is 1. The number of carbonyl (C=O) groups excluding carboxylic acids is 2. The number of nitrogens with zero attached hydrogens (tertiary/aromatic N) is 2. The molecule has 3 rings (SSSR count). The zero-order chi connectivity index (χ0) is 21.0. The SMILES string of the molecule is O=CC(CO)NC(=O)c1cc(-c2ccc(Cl)cc2)nn(-c2cccc(F)c2)c1=O. The van der Waals surface area contributed by atoms with Crippen molar-refractivity contribution < 1.29 is 19.1 Å². The lowest BCUT2D eigenvalue weighted by Crippen LogP contribution is -2.42. The van der Waals surface area contributed by atoms with Crippen molar-refractivity contribution in [2.75, 3.05) is 6.61 Å². The van der Waals surface area contributed by atoms with Crippen LogP contribution in [0.3, 0.4) is 0 Å². The second kappa shape index (κ2) is 8.76. The number of aldehydes is 1. The zero-order valence-corrected chi connectivity index (χ0v) is 15.6. The number of rotatable bonds is 6. The Labute approximate surface area is 169 Å². The Hall–Kier alpha value is -3.36. The second-order valence-corrected chi connectivity index (χ2v) is 6.48. The average molecular weight is 416 g/mol. The summed E-state index contributed by atoms with van der Waals surface area (Å²) in [6.07, 6.45) is 0.351. The van der Waals surface area contributed by atoms with Crippen LogP contribution in [-0.4, -0.2) is 39.7 Å². The fourth-order valence-electron chi connectivity index (χ4n) is 2.57. The number of amides is 1. The minimum absolute atomic E-state index is 0.119. The first-order valence-electron chi connectivity index (χ1n) is 8.46. The fourth-order valence-corrected chi connectivity index (χ4v) is 2.70. The van der Waals surface area contributed by atoms with Crippen molar-refractivity contribution in [3.05, 3.63) is 81.4 Å². The first kappa shape index (κ1) is 20.4. The molecular formula is C20H15ClFN3O4. The third kappa shape index (κ3) is 4.56. The summed E-state index contributed by atoms with van der Waals surface area (Å²) in [5.74, 6) is -1.45. The van der Waals surface area contributed by atoms with Gasteiger partial charge in [-0.2, -0.15) is 9.78 Å². The van der Waals surface area contributed by atoms with Gasteiger partial charge in [0.2, 0.25) is 0 Å². The van der Waals surface area contributed by atoms with E-state index in [1.54, 1.807) is 24.3 Å². The van der Waals surface area contributed by atoms with Crippen LogP contribution in [0.4, 0.5) is 4.39 Å². The Morgan fingerprint density at radius 1 is 1.24 bits per heavy atom. The van der Waals surface area contributed by atoms with Crippen LogP contribution in [0.1, 0.15) is 10.4 Å². The van der Waals surface area contributed by atoms with E-state index in [2.05, 4.69) is 10.4 Å². The molecule has 1 atom stereocenters. The van der Waals surface area contributed by atoms with Gasteiger partial charge in [0.1, 0.15) is 23.7 Å². The highest BCUT2D eigenvalue weighted by molar-refractivity contribution is 6.30. The van der Waals surface area contributed by atoms with Crippen LogP contribution in [0, 0.1) is 5.82 Å². The molecule has 2 aromatic carbocycles. The van der Waals surface area contributed by atoms with Crippen molar-refractivity contribution in [2.45, 2.75) is 6.04 Å². The summed E-state index contributed by atoms with van der Waals surface area (Å²) >= 11 is 5.90. The molecule has 0 saturated carbocycles. The van der Waals surface area contributed by atoms with Gasteiger partial charge < -0.3 is 15.2 Å². The number of benzene rings is 2. The topological polar surface area (TPSA) is 101 Å². The fraction of sp³-hybridized carbons (Fsp3) is 0.100. The van der Waals surface area contributed by atoms with Crippen molar-refractivity contribution in [2.24, 2.45) is 0 Å². The molecule has 0 aliphatic carbocycles. The molecule has 2 N–H and O–H groups in total. The summed E-state index contributed by atoms with van der Waals surface area (Å²) in [5, 5.41) is 16.1. The number of nitrogens with one attached hydrogen (secondary N) is 1. The zero-order valence-electron chi connectivity index (χ0n) is 14.9. The molecule has 148 valence electrons. The highest BCUT2D eigenvalue weighted by Gasteiger charge is 2.20.